The van der Waals surface area contributed by atoms with Crippen LogP contribution in [0.5, 0.6) is 17.2 Å². The van der Waals surface area contributed by atoms with Gasteiger partial charge in [-0.15, -0.1) is 0 Å². The molecule has 1 aromatic carbocycles. The first kappa shape index (κ1) is 17.2. The van der Waals surface area contributed by atoms with Crippen LogP contribution in [-0.2, 0) is 6.54 Å². The van der Waals surface area contributed by atoms with Crippen LogP contribution in [-0.4, -0.2) is 42.5 Å². The second-order valence-corrected chi connectivity index (χ2v) is 6.19. The van der Waals surface area contributed by atoms with Crippen molar-refractivity contribution in [3.63, 3.8) is 0 Å². The van der Waals surface area contributed by atoms with Crippen molar-refractivity contribution in [1.29, 1.82) is 0 Å². The standard InChI is InChI=1S/C16H17N3O5S/c1-22-11-6-9(7-12(23-2)13(11)24-3)18-14(20)10-8-17-16-19(15(10)21)4-5-25-16/h6-8H,4-5H2,1-3H3,(H,18,20). The number of benzene rings is 1. The Morgan fingerprint density at radius 1 is 1.20 bits per heavy atom. The lowest BCUT2D eigenvalue weighted by molar-refractivity contribution is 0.102. The summed E-state index contributed by atoms with van der Waals surface area (Å²) in [6, 6.07) is 3.18. The lowest BCUT2D eigenvalue weighted by Crippen LogP contribution is -2.29. The number of aromatic nitrogens is 2. The molecule has 0 fully saturated rings. The molecule has 0 bridgehead atoms. The van der Waals surface area contributed by atoms with Gasteiger partial charge in [-0.1, -0.05) is 11.8 Å². The number of thioether (sulfide) groups is 1. The number of carbonyl (C=O) groups is 1. The predicted molar refractivity (Wildman–Crippen MR) is 93.3 cm³/mol. The molecule has 3 rings (SSSR count). The quantitative estimate of drug-likeness (QED) is 0.807. The van der Waals surface area contributed by atoms with E-state index in [1.807, 2.05) is 0 Å². The van der Waals surface area contributed by atoms with E-state index >= 15 is 0 Å². The number of rotatable bonds is 5. The molecule has 2 heterocycles. The Morgan fingerprint density at radius 3 is 2.48 bits per heavy atom. The van der Waals surface area contributed by atoms with Gasteiger partial charge in [-0.2, -0.15) is 0 Å². The average molecular weight is 363 g/mol. The van der Waals surface area contributed by atoms with Gasteiger partial charge < -0.3 is 19.5 Å². The molecule has 9 heteroatoms. The van der Waals surface area contributed by atoms with Gasteiger partial charge in [0.2, 0.25) is 5.75 Å². The van der Waals surface area contributed by atoms with Crippen molar-refractivity contribution in [3.8, 4) is 17.2 Å². The van der Waals surface area contributed by atoms with Crippen molar-refractivity contribution in [3.05, 3.63) is 34.2 Å². The van der Waals surface area contributed by atoms with Gasteiger partial charge in [-0.05, 0) is 0 Å². The van der Waals surface area contributed by atoms with Gasteiger partial charge in [-0.25, -0.2) is 4.98 Å². The molecule has 1 amide bonds. The topological polar surface area (TPSA) is 91.7 Å². The second kappa shape index (κ2) is 7.06. The zero-order chi connectivity index (χ0) is 18.0. The molecule has 0 aliphatic carbocycles. The van der Waals surface area contributed by atoms with E-state index in [2.05, 4.69) is 10.3 Å². The molecule has 2 aromatic rings. The molecule has 1 N–H and O–H groups in total. The number of nitrogens with zero attached hydrogens (tertiary/aromatic N) is 2. The molecular weight excluding hydrogens is 346 g/mol. The van der Waals surface area contributed by atoms with Gasteiger partial charge >= 0.3 is 0 Å². The first-order valence-electron chi connectivity index (χ1n) is 7.43. The number of hydrogen-bond donors (Lipinski definition) is 1. The van der Waals surface area contributed by atoms with Crippen LogP contribution in [0.4, 0.5) is 5.69 Å². The molecule has 0 unspecified atom stereocenters. The molecule has 1 aliphatic rings. The number of methoxy groups -OCH3 is 3. The number of hydrogen-bond acceptors (Lipinski definition) is 7. The van der Waals surface area contributed by atoms with E-state index in [-0.39, 0.29) is 11.1 Å². The van der Waals surface area contributed by atoms with Gasteiger partial charge in [-0.3, -0.25) is 14.2 Å². The molecule has 0 saturated heterocycles. The molecule has 0 radical (unpaired) electrons. The van der Waals surface area contributed by atoms with Gasteiger partial charge in [0.15, 0.2) is 16.7 Å². The number of nitrogens with one attached hydrogen (secondary N) is 1. The molecule has 1 aliphatic heterocycles. The monoisotopic (exact) mass is 363 g/mol. The van der Waals surface area contributed by atoms with E-state index < -0.39 is 5.91 Å². The van der Waals surface area contributed by atoms with Gasteiger partial charge in [0.05, 0.1) is 21.3 Å². The normalized spacial score (nSPS) is 12.4. The molecular formula is C16H17N3O5S. The summed E-state index contributed by atoms with van der Waals surface area (Å²) >= 11 is 1.49. The van der Waals surface area contributed by atoms with E-state index in [1.54, 1.807) is 12.1 Å². The first-order valence-corrected chi connectivity index (χ1v) is 8.41. The van der Waals surface area contributed by atoms with E-state index in [0.29, 0.717) is 34.6 Å². The third-order valence-electron chi connectivity index (χ3n) is 3.72. The van der Waals surface area contributed by atoms with E-state index in [1.165, 1.54) is 43.9 Å². The lowest BCUT2D eigenvalue weighted by atomic mass is 10.2. The number of anilines is 1. The maximum atomic E-state index is 12.5. The van der Waals surface area contributed by atoms with E-state index in [4.69, 9.17) is 14.2 Å². The van der Waals surface area contributed by atoms with Crippen LogP contribution < -0.4 is 25.1 Å². The van der Waals surface area contributed by atoms with Gasteiger partial charge in [0, 0.05) is 36.3 Å². The second-order valence-electron chi connectivity index (χ2n) is 5.13. The summed E-state index contributed by atoms with van der Waals surface area (Å²) in [6.45, 7) is 0.553. The number of carbonyl (C=O) groups excluding carboxylic acids is 1. The maximum Gasteiger partial charge on any atom is 0.267 e. The molecule has 1 aromatic heterocycles. The average Bonchev–Trinajstić information content (AvgIpc) is 3.10. The van der Waals surface area contributed by atoms with E-state index in [9.17, 15) is 9.59 Å². The SMILES string of the molecule is COc1cc(NC(=O)c2cnc3n(c2=O)CCS3)cc(OC)c1OC. The van der Waals surface area contributed by atoms with Crippen molar-refractivity contribution in [2.45, 2.75) is 11.7 Å². The first-order chi connectivity index (χ1) is 12.1. The zero-order valence-corrected chi connectivity index (χ0v) is 14.8. The summed E-state index contributed by atoms with van der Waals surface area (Å²) in [5.74, 6) is 1.45. The van der Waals surface area contributed by atoms with Gasteiger partial charge in [0.1, 0.15) is 5.56 Å². The highest BCUT2D eigenvalue weighted by Crippen LogP contribution is 2.40. The molecule has 25 heavy (non-hydrogen) atoms. The lowest BCUT2D eigenvalue weighted by Gasteiger charge is -2.14. The van der Waals surface area contributed by atoms with Crippen LogP contribution >= 0.6 is 11.8 Å². The minimum Gasteiger partial charge on any atom is -0.493 e. The smallest absolute Gasteiger partial charge is 0.267 e. The summed E-state index contributed by atoms with van der Waals surface area (Å²) in [4.78, 5) is 29.1. The van der Waals surface area contributed by atoms with Crippen LogP contribution in [0, 0.1) is 0 Å². The van der Waals surface area contributed by atoms with Crippen LogP contribution in [0.1, 0.15) is 10.4 Å². The summed E-state index contributed by atoms with van der Waals surface area (Å²) in [5.41, 5.74) is 0.0544. The van der Waals surface area contributed by atoms with Crippen molar-refractivity contribution >= 4 is 23.4 Å². The Morgan fingerprint density at radius 2 is 1.88 bits per heavy atom. The Kier molecular flexibility index (Phi) is 4.84. The van der Waals surface area contributed by atoms with Crippen molar-refractivity contribution < 1.29 is 19.0 Å². The van der Waals surface area contributed by atoms with Crippen LogP contribution in [0.15, 0.2) is 28.3 Å². The van der Waals surface area contributed by atoms with Gasteiger partial charge in [0.25, 0.3) is 11.5 Å². The third kappa shape index (κ3) is 3.14. The van der Waals surface area contributed by atoms with Crippen LogP contribution in [0.3, 0.4) is 0 Å². The highest BCUT2D eigenvalue weighted by molar-refractivity contribution is 7.99. The number of amides is 1. The summed E-state index contributed by atoms with van der Waals surface area (Å²) in [6.07, 6.45) is 1.31. The maximum absolute atomic E-state index is 12.5. The molecule has 0 saturated carbocycles. The zero-order valence-electron chi connectivity index (χ0n) is 14.0. The Labute approximate surface area is 148 Å². The third-order valence-corrected chi connectivity index (χ3v) is 4.69. The summed E-state index contributed by atoms with van der Waals surface area (Å²) in [7, 11) is 4.46. The predicted octanol–water partition coefficient (Wildman–Crippen LogP) is 1.63. The summed E-state index contributed by atoms with van der Waals surface area (Å²) in [5, 5.41) is 3.31. The van der Waals surface area contributed by atoms with Crippen molar-refractivity contribution in [1.82, 2.24) is 9.55 Å². The van der Waals surface area contributed by atoms with E-state index in [0.717, 1.165) is 5.75 Å². The fourth-order valence-electron chi connectivity index (χ4n) is 2.52. The highest BCUT2D eigenvalue weighted by Gasteiger charge is 2.21. The summed E-state index contributed by atoms with van der Waals surface area (Å²) < 4.78 is 17.3. The molecule has 8 nitrogen and oxygen atoms in total. The fourth-order valence-corrected chi connectivity index (χ4v) is 3.44. The fraction of sp³-hybridized carbons (Fsp3) is 0.312. The Balaban J connectivity index is 1.93. The Bertz CT molecular complexity index is 856. The molecule has 132 valence electrons. The number of fused-ring (bicyclic) bond motifs is 1. The Hall–Kier alpha value is -2.68. The van der Waals surface area contributed by atoms with Crippen LogP contribution in [0.2, 0.25) is 0 Å². The molecule has 0 atom stereocenters. The minimum atomic E-state index is -0.543. The van der Waals surface area contributed by atoms with Crippen molar-refractivity contribution in [2.24, 2.45) is 0 Å². The molecule has 0 spiro atoms. The largest absolute Gasteiger partial charge is 0.493 e. The van der Waals surface area contributed by atoms with Crippen LogP contribution in [0.25, 0.3) is 0 Å². The highest BCUT2D eigenvalue weighted by atomic mass is 32.2. The minimum absolute atomic E-state index is 0.0139. The van der Waals surface area contributed by atoms with Crippen molar-refractivity contribution in [2.75, 3.05) is 32.4 Å². The number of ether oxygens (including phenoxy) is 3.